The van der Waals surface area contributed by atoms with Crippen LogP contribution in [0.25, 0.3) is 22.2 Å². The summed E-state index contributed by atoms with van der Waals surface area (Å²) in [6, 6.07) is 13.5. The molecule has 1 aliphatic rings. The lowest BCUT2D eigenvalue weighted by Crippen LogP contribution is -2.16. The van der Waals surface area contributed by atoms with E-state index in [0.29, 0.717) is 16.5 Å². The van der Waals surface area contributed by atoms with Crippen molar-refractivity contribution in [3.05, 3.63) is 69.8 Å². The van der Waals surface area contributed by atoms with Crippen molar-refractivity contribution < 1.29 is 8.42 Å². The first kappa shape index (κ1) is 16.1. The predicted molar refractivity (Wildman–Crippen MR) is 96.3 cm³/mol. The highest BCUT2D eigenvalue weighted by atomic mass is 32.2. The minimum atomic E-state index is -3.75. The van der Waals surface area contributed by atoms with Crippen molar-refractivity contribution in [2.24, 2.45) is 0 Å². The van der Waals surface area contributed by atoms with Crippen molar-refractivity contribution in [2.45, 2.75) is 11.8 Å². The van der Waals surface area contributed by atoms with Crippen molar-refractivity contribution in [1.29, 1.82) is 5.26 Å². The Hall–Kier alpha value is -3.44. The Bertz CT molecular complexity index is 1310. The highest BCUT2D eigenvalue weighted by molar-refractivity contribution is 7.90. The van der Waals surface area contributed by atoms with Crippen molar-refractivity contribution >= 4 is 32.2 Å². The number of nitrogens with zero attached hydrogens (tertiary/aromatic N) is 2. The molecule has 4 rings (SSSR count). The molecule has 0 radical (unpaired) electrons. The molecule has 0 aliphatic carbocycles. The minimum absolute atomic E-state index is 0.0169. The summed E-state index contributed by atoms with van der Waals surface area (Å²) >= 11 is 0. The van der Waals surface area contributed by atoms with Crippen LogP contribution in [-0.4, -0.2) is 18.4 Å². The molecule has 2 heterocycles. The Morgan fingerprint density at radius 1 is 1.19 bits per heavy atom. The molecule has 0 fully saturated rings. The van der Waals surface area contributed by atoms with Gasteiger partial charge in [0.1, 0.15) is 11.6 Å². The number of aromatic amines is 1. The molecule has 7 nitrogen and oxygen atoms in total. The number of hydrogen-bond donors (Lipinski definition) is 2. The molecule has 1 aromatic heterocycles. The molecule has 0 saturated heterocycles. The van der Waals surface area contributed by atoms with E-state index in [-0.39, 0.29) is 22.0 Å². The standard InChI is InChI=1S/C18H12N4O3S/c1-10-6-7-14-12(8-10)18(23)21-17(20-14)13(9-19)16-11-4-2-3-5-15(11)26(24,25)22-16/h2-8,22H,1H3,(H,20,21,23)/b16-13+. The summed E-state index contributed by atoms with van der Waals surface area (Å²) in [5.41, 5.74) is 1.38. The van der Waals surface area contributed by atoms with Crippen LogP contribution in [0.5, 0.6) is 0 Å². The molecule has 0 bridgehead atoms. The fourth-order valence-electron chi connectivity index (χ4n) is 2.94. The van der Waals surface area contributed by atoms with Crippen LogP contribution >= 0.6 is 0 Å². The number of nitriles is 1. The average Bonchev–Trinajstić information content (AvgIpc) is 2.88. The van der Waals surface area contributed by atoms with Gasteiger partial charge in [-0.3, -0.25) is 9.52 Å². The van der Waals surface area contributed by atoms with Crippen LogP contribution in [0, 0.1) is 18.3 Å². The number of aromatic nitrogens is 2. The van der Waals surface area contributed by atoms with Gasteiger partial charge in [0, 0.05) is 5.56 Å². The van der Waals surface area contributed by atoms with E-state index in [4.69, 9.17) is 0 Å². The molecule has 128 valence electrons. The number of aryl methyl sites for hydroxylation is 1. The molecule has 0 saturated carbocycles. The van der Waals surface area contributed by atoms with Gasteiger partial charge in [-0.15, -0.1) is 0 Å². The maximum atomic E-state index is 12.4. The van der Waals surface area contributed by atoms with Crippen LogP contribution in [0.1, 0.15) is 17.0 Å². The summed E-state index contributed by atoms with van der Waals surface area (Å²) in [4.78, 5) is 19.4. The summed E-state index contributed by atoms with van der Waals surface area (Å²) in [7, 11) is -3.75. The zero-order valence-electron chi connectivity index (χ0n) is 13.6. The molecule has 26 heavy (non-hydrogen) atoms. The van der Waals surface area contributed by atoms with Crippen molar-refractivity contribution in [3.63, 3.8) is 0 Å². The second-order valence-electron chi connectivity index (χ2n) is 5.90. The van der Waals surface area contributed by atoms with E-state index >= 15 is 0 Å². The average molecular weight is 364 g/mol. The first-order valence-electron chi connectivity index (χ1n) is 7.68. The molecule has 0 amide bonds. The van der Waals surface area contributed by atoms with Crippen LogP contribution in [0.2, 0.25) is 0 Å². The fourth-order valence-corrected chi connectivity index (χ4v) is 4.24. The number of nitrogens with one attached hydrogen (secondary N) is 2. The Morgan fingerprint density at radius 2 is 1.96 bits per heavy atom. The normalized spacial score (nSPS) is 16.6. The summed E-state index contributed by atoms with van der Waals surface area (Å²) < 4.78 is 27.0. The van der Waals surface area contributed by atoms with Crippen LogP contribution in [-0.2, 0) is 10.0 Å². The van der Waals surface area contributed by atoms with Gasteiger partial charge in [0.25, 0.3) is 15.6 Å². The summed E-state index contributed by atoms with van der Waals surface area (Å²) in [6.45, 7) is 1.86. The summed E-state index contributed by atoms with van der Waals surface area (Å²) in [5, 5.41) is 10.0. The zero-order chi connectivity index (χ0) is 18.5. The van der Waals surface area contributed by atoms with E-state index < -0.39 is 15.6 Å². The van der Waals surface area contributed by atoms with E-state index in [9.17, 15) is 18.5 Å². The largest absolute Gasteiger partial charge is 0.305 e. The maximum absolute atomic E-state index is 12.4. The Labute approximate surface area is 148 Å². The van der Waals surface area contributed by atoms with E-state index in [1.165, 1.54) is 6.07 Å². The molecule has 0 atom stereocenters. The fraction of sp³-hybridized carbons (Fsp3) is 0.0556. The second kappa shape index (κ2) is 5.54. The number of benzene rings is 2. The monoisotopic (exact) mass is 364 g/mol. The number of H-pyrrole nitrogens is 1. The first-order valence-corrected chi connectivity index (χ1v) is 9.17. The number of allylic oxidation sites excluding steroid dienone is 1. The van der Waals surface area contributed by atoms with Gasteiger partial charge >= 0.3 is 0 Å². The van der Waals surface area contributed by atoms with E-state index in [1.807, 2.05) is 19.1 Å². The zero-order valence-corrected chi connectivity index (χ0v) is 14.4. The highest BCUT2D eigenvalue weighted by Crippen LogP contribution is 2.34. The van der Waals surface area contributed by atoms with Crippen molar-refractivity contribution in [1.82, 2.24) is 14.7 Å². The van der Waals surface area contributed by atoms with Crippen LogP contribution in [0.3, 0.4) is 0 Å². The van der Waals surface area contributed by atoms with Gasteiger partial charge in [-0.1, -0.05) is 29.8 Å². The number of rotatable bonds is 1. The van der Waals surface area contributed by atoms with Gasteiger partial charge in [0.15, 0.2) is 5.82 Å². The molecule has 3 aromatic rings. The molecule has 0 spiro atoms. The number of sulfonamides is 1. The minimum Gasteiger partial charge on any atom is -0.305 e. The molecule has 1 aliphatic heterocycles. The molecule has 2 aromatic carbocycles. The predicted octanol–water partition coefficient (Wildman–Crippen LogP) is 1.92. The topological polar surface area (TPSA) is 116 Å². The quantitative estimate of drug-likeness (QED) is 0.640. The third kappa shape index (κ3) is 2.37. The lowest BCUT2D eigenvalue weighted by Gasteiger charge is -2.06. The lowest BCUT2D eigenvalue weighted by molar-refractivity contribution is 0.594. The summed E-state index contributed by atoms with van der Waals surface area (Å²) in [5.74, 6) is 0.0169. The molecule has 0 unspecified atom stereocenters. The SMILES string of the molecule is Cc1ccc2nc(/C(C#N)=C3/NS(=O)(=O)c4ccccc43)[nH]c(=O)c2c1. The number of hydrogen-bond acceptors (Lipinski definition) is 5. The third-order valence-electron chi connectivity index (χ3n) is 4.14. The molecule has 2 N–H and O–H groups in total. The van der Waals surface area contributed by atoms with Gasteiger partial charge in [-0.05, 0) is 25.1 Å². The smallest absolute Gasteiger partial charge is 0.262 e. The molecular weight excluding hydrogens is 352 g/mol. The van der Waals surface area contributed by atoms with Gasteiger partial charge in [0.2, 0.25) is 0 Å². The third-order valence-corrected chi connectivity index (χ3v) is 5.55. The van der Waals surface area contributed by atoms with Gasteiger partial charge in [-0.2, -0.15) is 5.26 Å². The molecular formula is C18H12N4O3S. The van der Waals surface area contributed by atoms with E-state index in [1.54, 1.807) is 30.3 Å². The second-order valence-corrected chi connectivity index (χ2v) is 7.55. The van der Waals surface area contributed by atoms with E-state index in [2.05, 4.69) is 14.7 Å². The maximum Gasteiger partial charge on any atom is 0.262 e. The summed E-state index contributed by atoms with van der Waals surface area (Å²) in [6.07, 6.45) is 0. The Morgan fingerprint density at radius 3 is 2.73 bits per heavy atom. The first-order chi connectivity index (χ1) is 12.4. The lowest BCUT2D eigenvalue weighted by atomic mass is 10.1. The Balaban J connectivity index is 2.02. The van der Waals surface area contributed by atoms with Crippen LogP contribution in [0.15, 0.2) is 52.2 Å². The number of fused-ring (bicyclic) bond motifs is 2. The van der Waals surface area contributed by atoms with Crippen LogP contribution in [0.4, 0.5) is 0 Å². The Kier molecular flexibility index (Phi) is 3.42. The molecule has 8 heteroatoms. The van der Waals surface area contributed by atoms with Gasteiger partial charge < -0.3 is 4.98 Å². The van der Waals surface area contributed by atoms with Crippen LogP contribution < -0.4 is 10.3 Å². The van der Waals surface area contributed by atoms with Crippen molar-refractivity contribution in [3.8, 4) is 6.07 Å². The van der Waals surface area contributed by atoms with Gasteiger partial charge in [0.05, 0.1) is 21.5 Å². The van der Waals surface area contributed by atoms with Gasteiger partial charge in [-0.25, -0.2) is 13.4 Å². The highest BCUT2D eigenvalue weighted by Gasteiger charge is 2.32. The van der Waals surface area contributed by atoms with E-state index in [0.717, 1.165) is 5.56 Å². The van der Waals surface area contributed by atoms with Crippen molar-refractivity contribution in [2.75, 3.05) is 0 Å².